The molecule has 0 atom stereocenters. The summed E-state index contributed by atoms with van der Waals surface area (Å²) in [4.78, 5) is 12.6. The minimum atomic E-state index is -0.244. The lowest BCUT2D eigenvalue weighted by Gasteiger charge is -2.11. The van der Waals surface area contributed by atoms with Crippen molar-refractivity contribution in [2.75, 3.05) is 20.0 Å². The molecule has 0 spiro atoms. The molecule has 4 aromatic rings. The molecule has 1 amide bonds. The summed E-state index contributed by atoms with van der Waals surface area (Å²) in [7, 11) is 3.24. The molecule has 1 aromatic heterocycles. The number of hydrogen-bond donors (Lipinski definition) is 1. The van der Waals surface area contributed by atoms with E-state index < -0.39 is 0 Å². The standard InChI is InChI=1S/C27H27N5O3S/c1-18-8-12-22(13-9-18)32-26(20-10-14-23(34-3)15-11-20)30-31-27(32)36-17-25(33)29-28-19(2)21-6-5-7-24(16-21)35-4/h5-16H,17H2,1-4H3,(H,29,33)/b28-19-. The van der Waals surface area contributed by atoms with E-state index in [0.29, 0.717) is 16.7 Å². The molecule has 1 heterocycles. The highest BCUT2D eigenvalue weighted by molar-refractivity contribution is 7.99. The fourth-order valence-electron chi connectivity index (χ4n) is 3.44. The smallest absolute Gasteiger partial charge is 0.250 e. The van der Waals surface area contributed by atoms with Gasteiger partial charge in [0.2, 0.25) is 0 Å². The van der Waals surface area contributed by atoms with E-state index in [4.69, 9.17) is 9.47 Å². The Morgan fingerprint density at radius 1 is 0.972 bits per heavy atom. The van der Waals surface area contributed by atoms with Gasteiger partial charge in [0, 0.05) is 16.8 Å². The number of hydrazone groups is 1. The maximum atomic E-state index is 12.6. The second-order valence-electron chi connectivity index (χ2n) is 7.96. The summed E-state index contributed by atoms with van der Waals surface area (Å²) in [5.74, 6) is 2.05. The van der Waals surface area contributed by atoms with Crippen molar-refractivity contribution in [1.82, 2.24) is 20.2 Å². The van der Waals surface area contributed by atoms with E-state index in [1.54, 1.807) is 14.2 Å². The third kappa shape index (κ3) is 5.92. The van der Waals surface area contributed by atoms with Gasteiger partial charge in [-0.2, -0.15) is 5.10 Å². The second-order valence-corrected chi connectivity index (χ2v) is 8.90. The lowest BCUT2D eigenvalue weighted by molar-refractivity contribution is -0.118. The fraction of sp³-hybridized carbons (Fsp3) is 0.185. The Morgan fingerprint density at radius 2 is 1.69 bits per heavy atom. The minimum Gasteiger partial charge on any atom is -0.497 e. The number of methoxy groups -OCH3 is 2. The summed E-state index contributed by atoms with van der Waals surface area (Å²) in [5.41, 5.74) is 7.11. The van der Waals surface area contributed by atoms with E-state index in [9.17, 15) is 4.79 Å². The minimum absolute atomic E-state index is 0.126. The first-order valence-corrected chi connectivity index (χ1v) is 12.2. The van der Waals surface area contributed by atoms with E-state index in [1.165, 1.54) is 11.8 Å². The summed E-state index contributed by atoms with van der Waals surface area (Å²) >= 11 is 1.29. The molecule has 4 rings (SSSR count). The third-order valence-corrected chi connectivity index (χ3v) is 6.37. The Bertz CT molecular complexity index is 1370. The van der Waals surface area contributed by atoms with Crippen molar-refractivity contribution in [3.8, 4) is 28.6 Å². The molecule has 36 heavy (non-hydrogen) atoms. The molecule has 1 N–H and O–H groups in total. The molecule has 0 aliphatic rings. The van der Waals surface area contributed by atoms with Crippen LogP contribution < -0.4 is 14.9 Å². The maximum absolute atomic E-state index is 12.6. The monoisotopic (exact) mass is 501 g/mol. The lowest BCUT2D eigenvalue weighted by atomic mass is 10.1. The van der Waals surface area contributed by atoms with E-state index >= 15 is 0 Å². The molecule has 0 radical (unpaired) electrons. The van der Waals surface area contributed by atoms with Crippen molar-refractivity contribution in [3.05, 3.63) is 83.9 Å². The van der Waals surface area contributed by atoms with Crippen LogP contribution >= 0.6 is 11.8 Å². The number of amides is 1. The third-order valence-electron chi connectivity index (χ3n) is 5.44. The van der Waals surface area contributed by atoms with Gasteiger partial charge in [0.15, 0.2) is 11.0 Å². The molecule has 0 bridgehead atoms. The van der Waals surface area contributed by atoms with Crippen molar-refractivity contribution in [2.45, 2.75) is 19.0 Å². The normalized spacial score (nSPS) is 11.3. The molecule has 0 aliphatic carbocycles. The van der Waals surface area contributed by atoms with Crippen LogP contribution in [0.25, 0.3) is 17.1 Å². The highest BCUT2D eigenvalue weighted by Crippen LogP contribution is 2.29. The van der Waals surface area contributed by atoms with Gasteiger partial charge in [-0.3, -0.25) is 9.36 Å². The topological polar surface area (TPSA) is 90.6 Å². The van der Waals surface area contributed by atoms with Crippen LogP contribution in [0.4, 0.5) is 0 Å². The van der Waals surface area contributed by atoms with Gasteiger partial charge in [-0.25, -0.2) is 5.43 Å². The molecular formula is C27H27N5O3S. The van der Waals surface area contributed by atoms with Crippen molar-refractivity contribution in [3.63, 3.8) is 0 Å². The first-order valence-electron chi connectivity index (χ1n) is 11.3. The van der Waals surface area contributed by atoms with Gasteiger partial charge in [-0.1, -0.05) is 41.6 Å². The zero-order valence-electron chi connectivity index (χ0n) is 20.6. The number of nitrogens with one attached hydrogen (secondary N) is 1. The van der Waals surface area contributed by atoms with Crippen LogP contribution in [0.15, 0.2) is 83.1 Å². The number of rotatable bonds is 9. The Morgan fingerprint density at radius 3 is 2.39 bits per heavy atom. The molecule has 3 aromatic carbocycles. The quantitative estimate of drug-likeness (QED) is 0.199. The molecular weight excluding hydrogens is 474 g/mol. The van der Waals surface area contributed by atoms with Crippen molar-refractivity contribution < 1.29 is 14.3 Å². The molecule has 0 unspecified atom stereocenters. The molecule has 0 saturated heterocycles. The van der Waals surface area contributed by atoms with Gasteiger partial charge in [0.25, 0.3) is 5.91 Å². The highest BCUT2D eigenvalue weighted by atomic mass is 32.2. The largest absolute Gasteiger partial charge is 0.497 e. The number of aromatic nitrogens is 3. The van der Waals surface area contributed by atoms with Crippen LogP contribution in [0.1, 0.15) is 18.1 Å². The van der Waals surface area contributed by atoms with Crippen LogP contribution in [0.5, 0.6) is 11.5 Å². The molecule has 0 saturated carbocycles. The molecule has 0 fully saturated rings. The van der Waals surface area contributed by atoms with Gasteiger partial charge in [-0.05, 0) is 62.4 Å². The van der Waals surface area contributed by atoms with Crippen molar-refractivity contribution >= 4 is 23.4 Å². The highest BCUT2D eigenvalue weighted by Gasteiger charge is 2.17. The van der Waals surface area contributed by atoms with Gasteiger partial charge >= 0.3 is 0 Å². The number of ether oxygens (including phenoxy) is 2. The average Bonchev–Trinajstić information content (AvgIpc) is 3.35. The zero-order chi connectivity index (χ0) is 25.5. The van der Waals surface area contributed by atoms with Gasteiger partial charge in [0.1, 0.15) is 11.5 Å². The SMILES string of the molecule is COc1ccc(-c2nnc(SCC(=O)N/N=C(/C)c3cccc(OC)c3)n2-c2ccc(C)cc2)cc1. The first-order chi connectivity index (χ1) is 17.5. The van der Waals surface area contributed by atoms with Crippen LogP contribution in [0.2, 0.25) is 0 Å². The second kappa shape index (κ2) is 11.5. The van der Waals surface area contributed by atoms with E-state index in [0.717, 1.165) is 33.9 Å². The summed E-state index contributed by atoms with van der Waals surface area (Å²) in [6.45, 7) is 3.87. The number of carbonyl (C=O) groups is 1. The number of nitrogens with zero attached hydrogens (tertiary/aromatic N) is 4. The van der Waals surface area contributed by atoms with E-state index in [-0.39, 0.29) is 11.7 Å². The van der Waals surface area contributed by atoms with Crippen LogP contribution in [-0.2, 0) is 4.79 Å². The Kier molecular flexibility index (Phi) is 8.02. The molecule has 9 heteroatoms. The number of hydrogen-bond acceptors (Lipinski definition) is 7. The van der Waals surface area contributed by atoms with E-state index in [2.05, 4.69) is 20.7 Å². The molecule has 184 valence electrons. The summed E-state index contributed by atoms with van der Waals surface area (Å²) in [6.07, 6.45) is 0. The fourth-order valence-corrected chi connectivity index (χ4v) is 4.18. The van der Waals surface area contributed by atoms with E-state index in [1.807, 2.05) is 91.2 Å². The average molecular weight is 502 g/mol. The van der Waals surface area contributed by atoms with Gasteiger partial charge in [0.05, 0.1) is 25.7 Å². The zero-order valence-corrected chi connectivity index (χ0v) is 21.4. The number of carbonyl (C=O) groups excluding carboxylic acids is 1. The van der Waals surface area contributed by atoms with Crippen LogP contribution in [0, 0.1) is 6.92 Å². The number of benzene rings is 3. The Hall–Kier alpha value is -4.11. The summed E-state index contributed by atoms with van der Waals surface area (Å²) < 4.78 is 12.5. The van der Waals surface area contributed by atoms with Crippen LogP contribution in [-0.4, -0.2) is 46.4 Å². The predicted molar refractivity (Wildman–Crippen MR) is 142 cm³/mol. The summed E-state index contributed by atoms with van der Waals surface area (Å²) in [5, 5.41) is 13.7. The molecule has 8 nitrogen and oxygen atoms in total. The Balaban J connectivity index is 1.52. The molecule has 0 aliphatic heterocycles. The van der Waals surface area contributed by atoms with Crippen LogP contribution in [0.3, 0.4) is 0 Å². The number of aryl methyl sites for hydroxylation is 1. The van der Waals surface area contributed by atoms with Crippen molar-refractivity contribution in [2.24, 2.45) is 5.10 Å². The predicted octanol–water partition coefficient (Wildman–Crippen LogP) is 4.89. The van der Waals surface area contributed by atoms with Gasteiger partial charge in [-0.15, -0.1) is 10.2 Å². The lowest BCUT2D eigenvalue weighted by Crippen LogP contribution is -2.21. The Labute approximate surface area is 214 Å². The van der Waals surface area contributed by atoms with Gasteiger partial charge < -0.3 is 9.47 Å². The summed E-state index contributed by atoms with van der Waals surface area (Å²) in [6, 6.07) is 23.2. The maximum Gasteiger partial charge on any atom is 0.250 e. The van der Waals surface area contributed by atoms with Crippen molar-refractivity contribution in [1.29, 1.82) is 0 Å². The number of thioether (sulfide) groups is 1. The first kappa shape index (κ1) is 25.0.